The highest BCUT2D eigenvalue weighted by molar-refractivity contribution is 9.10. The molecule has 1 aromatic heterocycles. The van der Waals surface area contributed by atoms with Crippen LogP contribution >= 0.6 is 15.9 Å². The first kappa shape index (κ1) is 12.8. The van der Waals surface area contributed by atoms with Gasteiger partial charge in [-0.25, -0.2) is 4.39 Å². The van der Waals surface area contributed by atoms with Gasteiger partial charge in [-0.05, 0) is 24.6 Å². The molecule has 18 heavy (non-hydrogen) atoms. The van der Waals surface area contributed by atoms with Crippen molar-refractivity contribution in [3.63, 3.8) is 0 Å². The van der Waals surface area contributed by atoms with Gasteiger partial charge in [0.25, 0.3) is 5.91 Å². The standard InChI is InChI=1S/C12H11BrFN3O/c1-2-10-6-11(17-16-10)15-12(18)7-3-8(13)5-9(14)4-7/h3-6H,2H2,1H3,(H2,15,16,17,18). The number of nitrogens with one attached hydrogen (secondary N) is 2. The van der Waals surface area contributed by atoms with Crippen LogP contribution in [0.4, 0.5) is 10.2 Å². The van der Waals surface area contributed by atoms with Gasteiger partial charge in [-0.3, -0.25) is 9.89 Å². The summed E-state index contributed by atoms with van der Waals surface area (Å²) >= 11 is 3.14. The van der Waals surface area contributed by atoms with Crippen molar-refractivity contribution in [1.29, 1.82) is 0 Å². The number of hydrogen-bond donors (Lipinski definition) is 2. The van der Waals surface area contributed by atoms with Crippen molar-refractivity contribution in [2.75, 3.05) is 5.32 Å². The zero-order chi connectivity index (χ0) is 13.1. The molecule has 2 aromatic rings. The Labute approximate surface area is 112 Å². The Hall–Kier alpha value is -1.69. The number of rotatable bonds is 3. The van der Waals surface area contributed by atoms with E-state index in [2.05, 4.69) is 31.4 Å². The third-order valence-electron chi connectivity index (χ3n) is 2.38. The Morgan fingerprint density at radius 1 is 1.44 bits per heavy atom. The van der Waals surface area contributed by atoms with Crippen LogP contribution in [0, 0.1) is 5.82 Å². The van der Waals surface area contributed by atoms with Gasteiger partial charge in [0, 0.05) is 21.8 Å². The summed E-state index contributed by atoms with van der Waals surface area (Å²) in [6.07, 6.45) is 0.800. The van der Waals surface area contributed by atoms with Crippen LogP contribution in [-0.4, -0.2) is 16.1 Å². The molecule has 2 N–H and O–H groups in total. The Bertz CT molecular complexity index is 562. The van der Waals surface area contributed by atoms with E-state index in [0.29, 0.717) is 10.3 Å². The fourth-order valence-corrected chi connectivity index (χ4v) is 1.95. The van der Waals surface area contributed by atoms with Crippen LogP contribution in [0.3, 0.4) is 0 Å². The number of nitrogens with zero attached hydrogens (tertiary/aromatic N) is 1. The largest absolute Gasteiger partial charge is 0.305 e. The van der Waals surface area contributed by atoms with E-state index in [1.54, 1.807) is 12.1 Å². The van der Waals surface area contributed by atoms with Gasteiger partial charge < -0.3 is 5.32 Å². The van der Waals surface area contributed by atoms with Gasteiger partial charge in [0.15, 0.2) is 5.82 Å². The molecular weight excluding hydrogens is 301 g/mol. The van der Waals surface area contributed by atoms with Crippen LogP contribution in [0.5, 0.6) is 0 Å². The van der Waals surface area contributed by atoms with E-state index in [1.807, 2.05) is 6.92 Å². The predicted molar refractivity (Wildman–Crippen MR) is 70.0 cm³/mol. The molecule has 0 bridgehead atoms. The first-order chi connectivity index (χ1) is 8.58. The summed E-state index contributed by atoms with van der Waals surface area (Å²) in [7, 11) is 0. The molecule has 0 fully saturated rings. The smallest absolute Gasteiger partial charge is 0.257 e. The van der Waals surface area contributed by atoms with E-state index in [9.17, 15) is 9.18 Å². The van der Waals surface area contributed by atoms with Crippen molar-refractivity contribution >= 4 is 27.7 Å². The summed E-state index contributed by atoms with van der Waals surface area (Å²) in [5, 5.41) is 9.32. The van der Waals surface area contributed by atoms with E-state index in [-0.39, 0.29) is 5.56 Å². The topological polar surface area (TPSA) is 57.8 Å². The lowest BCUT2D eigenvalue weighted by Gasteiger charge is -2.02. The number of benzene rings is 1. The quantitative estimate of drug-likeness (QED) is 0.915. The van der Waals surface area contributed by atoms with Gasteiger partial charge in [0.2, 0.25) is 0 Å². The maximum Gasteiger partial charge on any atom is 0.257 e. The minimum absolute atomic E-state index is 0.239. The number of halogens is 2. The molecule has 6 heteroatoms. The maximum absolute atomic E-state index is 13.2. The minimum Gasteiger partial charge on any atom is -0.305 e. The molecule has 0 aliphatic rings. The first-order valence-corrected chi connectivity index (χ1v) is 6.19. The van der Waals surface area contributed by atoms with Gasteiger partial charge in [-0.15, -0.1) is 0 Å². The number of carbonyl (C=O) groups excluding carboxylic acids is 1. The molecule has 1 amide bonds. The fraction of sp³-hybridized carbons (Fsp3) is 0.167. The van der Waals surface area contributed by atoms with Crippen molar-refractivity contribution < 1.29 is 9.18 Å². The zero-order valence-corrected chi connectivity index (χ0v) is 11.2. The zero-order valence-electron chi connectivity index (χ0n) is 9.63. The monoisotopic (exact) mass is 311 g/mol. The number of aromatic amines is 1. The molecule has 2 rings (SSSR count). The maximum atomic E-state index is 13.2. The summed E-state index contributed by atoms with van der Waals surface area (Å²) in [5.74, 6) is -0.438. The summed E-state index contributed by atoms with van der Waals surface area (Å²) in [4.78, 5) is 11.9. The SMILES string of the molecule is CCc1cc(NC(=O)c2cc(F)cc(Br)c2)n[nH]1. The average Bonchev–Trinajstić information content (AvgIpc) is 2.75. The molecule has 0 saturated heterocycles. The number of hydrogen-bond acceptors (Lipinski definition) is 2. The molecular formula is C12H11BrFN3O. The predicted octanol–water partition coefficient (Wildman–Crippen LogP) is 3.13. The molecule has 1 heterocycles. The normalized spacial score (nSPS) is 10.4. The minimum atomic E-state index is -0.467. The van der Waals surface area contributed by atoms with Gasteiger partial charge in [0.1, 0.15) is 5.82 Å². The number of aryl methyl sites for hydroxylation is 1. The number of anilines is 1. The van der Waals surface area contributed by atoms with Crippen molar-refractivity contribution in [1.82, 2.24) is 10.2 Å². The highest BCUT2D eigenvalue weighted by Crippen LogP contribution is 2.16. The van der Waals surface area contributed by atoms with Crippen LogP contribution < -0.4 is 5.32 Å². The average molecular weight is 312 g/mol. The van der Waals surface area contributed by atoms with Crippen LogP contribution in [0.2, 0.25) is 0 Å². The Morgan fingerprint density at radius 3 is 2.83 bits per heavy atom. The van der Waals surface area contributed by atoms with E-state index < -0.39 is 11.7 Å². The summed E-state index contributed by atoms with van der Waals surface area (Å²) in [6.45, 7) is 1.97. The fourth-order valence-electron chi connectivity index (χ4n) is 1.48. The van der Waals surface area contributed by atoms with Crippen molar-refractivity contribution in [2.45, 2.75) is 13.3 Å². The lowest BCUT2D eigenvalue weighted by Crippen LogP contribution is -2.12. The lowest BCUT2D eigenvalue weighted by atomic mass is 10.2. The Balaban J connectivity index is 2.16. The summed E-state index contributed by atoms with van der Waals surface area (Å²) in [6, 6.07) is 5.76. The molecule has 0 aliphatic heterocycles. The van der Waals surface area contributed by atoms with E-state index in [0.717, 1.165) is 12.1 Å². The van der Waals surface area contributed by atoms with E-state index >= 15 is 0 Å². The van der Waals surface area contributed by atoms with E-state index in [4.69, 9.17) is 0 Å². The van der Waals surface area contributed by atoms with Gasteiger partial charge in [-0.2, -0.15) is 5.10 Å². The van der Waals surface area contributed by atoms with Crippen molar-refractivity contribution in [2.24, 2.45) is 0 Å². The van der Waals surface area contributed by atoms with Crippen LogP contribution in [0.25, 0.3) is 0 Å². The molecule has 0 unspecified atom stereocenters. The molecule has 0 atom stereocenters. The Morgan fingerprint density at radius 2 is 2.22 bits per heavy atom. The molecule has 0 radical (unpaired) electrons. The van der Waals surface area contributed by atoms with Crippen LogP contribution in [0.15, 0.2) is 28.7 Å². The van der Waals surface area contributed by atoms with Crippen LogP contribution in [-0.2, 0) is 6.42 Å². The first-order valence-electron chi connectivity index (χ1n) is 5.40. The lowest BCUT2D eigenvalue weighted by molar-refractivity contribution is 0.102. The van der Waals surface area contributed by atoms with Crippen LogP contribution in [0.1, 0.15) is 23.0 Å². The third kappa shape index (κ3) is 2.95. The molecule has 0 aliphatic carbocycles. The summed E-state index contributed by atoms with van der Waals surface area (Å²) in [5.41, 5.74) is 1.16. The number of H-pyrrole nitrogens is 1. The molecule has 94 valence electrons. The Kier molecular flexibility index (Phi) is 3.76. The third-order valence-corrected chi connectivity index (χ3v) is 2.84. The van der Waals surface area contributed by atoms with E-state index in [1.165, 1.54) is 12.1 Å². The van der Waals surface area contributed by atoms with Gasteiger partial charge in [0.05, 0.1) is 0 Å². The second-order valence-corrected chi connectivity index (χ2v) is 4.66. The number of aromatic nitrogens is 2. The van der Waals surface area contributed by atoms with Gasteiger partial charge >= 0.3 is 0 Å². The molecule has 1 aromatic carbocycles. The number of carbonyl (C=O) groups is 1. The second-order valence-electron chi connectivity index (χ2n) is 3.74. The second kappa shape index (κ2) is 5.30. The molecule has 4 nitrogen and oxygen atoms in total. The van der Waals surface area contributed by atoms with Gasteiger partial charge in [-0.1, -0.05) is 22.9 Å². The van der Waals surface area contributed by atoms with Crippen molar-refractivity contribution in [3.8, 4) is 0 Å². The molecule has 0 saturated carbocycles. The highest BCUT2D eigenvalue weighted by atomic mass is 79.9. The number of amides is 1. The summed E-state index contributed by atoms with van der Waals surface area (Å²) < 4.78 is 13.7. The molecule has 0 spiro atoms. The highest BCUT2D eigenvalue weighted by Gasteiger charge is 2.10. The van der Waals surface area contributed by atoms with Crippen molar-refractivity contribution in [3.05, 3.63) is 45.8 Å².